The molecule has 2 heterocycles. The van der Waals surface area contributed by atoms with Crippen molar-refractivity contribution in [1.82, 2.24) is 15.3 Å². The van der Waals surface area contributed by atoms with Crippen LogP contribution < -0.4 is 10.2 Å². The lowest BCUT2D eigenvalue weighted by molar-refractivity contribution is -0.125. The minimum atomic E-state index is 0.0691. The van der Waals surface area contributed by atoms with E-state index in [4.69, 9.17) is 0 Å². The monoisotopic (exact) mass is 316 g/mol. The van der Waals surface area contributed by atoms with Crippen LogP contribution in [0, 0.1) is 5.92 Å². The number of amides is 1. The SMILES string of the molecule is CNC(=O)C1CN(c2nc(SC)ncc2Br)C1. The van der Waals surface area contributed by atoms with Crippen molar-refractivity contribution in [3.05, 3.63) is 10.7 Å². The van der Waals surface area contributed by atoms with Crippen molar-refractivity contribution >= 4 is 39.4 Å². The zero-order chi connectivity index (χ0) is 12.4. The minimum Gasteiger partial charge on any atom is -0.359 e. The molecule has 1 fully saturated rings. The van der Waals surface area contributed by atoms with Gasteiger partial charge in [0.25, 0.3) is 0 Å². The summed E-state index contributed by atoms with van der Waals surface area (Å²) in [6.45, 7) is 1.42. The molecule has 0 atom stereocenters. The Bertz CT molecular complexity index is 436. The van der Waals surface area contributed by atoms with E-state index >= 15 is 0 Å². The van der Waals surface area contributed by atoms with Crippen LogP contribution in [0.2, 0.25) is 0 Å². The molecule has 1 saturated heterocycles. The number of thioether (sulfide) groups is 1. The molecule has 92 valence electrons. The smallest absolute Gasteiger partial charge is 0.226 e. The second-order valence-corrected chi connectivity index (χ2v) is 5.37. The third kappa shape index (κ3) is 2.55. The Labute approximate surface area is 113 Å². The zero-order valence-electron chi connectivity index (χ0n) is 9.61. The number of carbonyl (C=O) groups excluding carboxylic acids is 1. The fraction of sp³-hybridized carbons (Fsp3) is 0.500. The largest absolute Gasteiger partial charge is 0.359 e. The Morgan fingerprint density at radius 1 is 1.65 bits per heavy atom. The van der Waals surface area contributed by atoms with Crippen molar-refractivity contribution < 1.29 is 4.79 Å². The van der Waals surface area contributed by atoms with E-state index in [0.29, 0.717) is 13.1 Å². The summed E-state index contributed by atoms with van der Waals surface area (Å²) in [5.74, 6) is 1.03. The number of nitrogens with zero attached hydrogens (tertiary/aromatic N) is 3. The Kier molecular flexibility index (Phi) is 3.88. The van der Waals surface area contributed by atoms with Crippen molar-refractivity contribution in [2.45, 2.75) is 5.16 Å². The molecule has 0 unspecified atom stereocenters. The summed E-state index contributed by atoms with van der Waals surface area (Å²) in [5, 5.41) is 3.40. The zero-order valence-corrected chi connectivity index (χ0v) is 12.0. The number of hydrogen-bond donors (Lipinski definition) is 1. The summed E-state index contributed by atoms with van der Waals surface area (Å²) >= 11 is 4.94. The standard InChI is InChI=1S/C10H13BrN4OS/c1-12-9(16)6-4-15(5-6)8-7(11)3-13-10(14-8)17-2/h3,6H,4-5H2,1-2H3,(H,12,16). The van der Waals surface area contributed by atoms with Crippen LogP contribution in [0.1, 0.15) is 0 Å². The molecule has 17 heavy (non-hydrogen) atoms. The summed E-state index contributed by atoms with van der Waals surface area (Å²) in [5.41, 5.74) is 0. The summed E-state index contributed by atoms with van der Waals surface area (Å²) in [7, 11) is 1.66. The van der Waals surface area contributed by atoms with E-state index in [1.165, 1.54) is 11.8 Å². The van der Waals surface area contributed by atoms with E-state index in [-0.39, 0.29) is 11.8 Å². The van der Waals surface area contributed by atoms with Gasteiger partial charge in [0.1, 0.15) is 5.82 Å². The number of aromatic nitrogens is 2. The van der Waals surface area contributed by atoms with Gasteiger partial charge in [0.05, 0.1) is 10.4 Å². The molecule has 1 amide bonds. The molecule has 1 N–H and O–H groups in total. The van der Waals surface area contributed by atoms with E-state index in [1.54, 1.807) is 13.2 Å². The molecule has 0 aromatic carbocycles. The van der Waals surface area contributed by atoms with Gasteiger partial charge in [0.15, 0.2) is 5.16 Å². The lowest BCUT2D eigenvalue weighted by Crippen LogP contribution is -2.53. The molecule has 0 spiro atoms. The molecule has 5 nitrogen and oxygen atoms in total. The minimum absolute atomic E-state index is 0.0691. The van der Waals surface area contributed by atoms with Crippen molar-refractivity contribution in [2.75, 3.05) is 31.3 Å². The lowest BCUT2D eigenvalue weighted by Gasteiger charge is -2.39. The summed E-state index contributed by atoms with van der Waals surface area (Å²) in [4.78, 5) is 22.1. The maximum absolute atomic E-state index is 11.4. The van der Waals surface area contributed by atoms with Gasteiger partial charge >= 0.3 is 0 Å². The van der Waals surface area contributed by atoms with Crippen molar-refractivity contribution in [3.8, 4) is 0 Å². The van der Waals surface area contributed by atoms with Crippen LogP contribution in [0.5, 0.6) is 0 Å². The highest BCUT2D eigenvalue weighted by molar-refractivity contribution is 9.10. The van der Waals surface area contributed by atoms with Crippen LogP contribution in [0.3, 0.4) is 0 Å². The highest BCUT2D eigenvalue weighted by Crippen LogP contribution is 2.30. The molecule has 7 heteroatoms. The van der Waals surface area contributed by atoms with Gasteiger partial charge in [-0.1, -0.05) is 11.8 Å². The lowest BCUT2D eigenvalue weighted by atomic mass is 9.99. The van der Waals surface area contributed by atoms with Crippen LogP contribution in [-0.4, -0.2) is 42.3 Å². The molecule has 0 saturated carbocycles. The van der Waals surface area contributed by atoms with E-state index in [0.717, 1.165) is 15.4 Å². The molecule has 1 aromatic rings. The third-order valence-corrected chi connectivity index (χ3v) is 3.81. The number of anilines is 1. The van der Waals surface area contributed by atoms with Crippen molar-refractivity contribution in [2.24, 2.45) is 5.92 Å². The quantitative estimate of drug-likeness (QED) is 0.669. The second kappa shape index (κ2) is 5.22. The normalized spacial score (nSPS) is 15.6. The van der Waals surface area contributed by atoms with E-state index in [9.17, 15) is 4.79 Å². The van der Waals surface area contributed by atoms with Crippen LogP contribution in [0.25, 0.3) is 0 Å². The van der Waals surface area contributed by atoms with Gasteiger partial charge in [-0.2, -0.15) is 0 Å². The number of carbonyl (C=O) groups is 1. The third-order valence-electron chi connectivity index (χ3n) is 2.68. The van der Waals surface area contributed by atoms with Gasteiger partial charge in [-0.25, -0.2) is 9.97 Å². The predicted molar refractivity (Wildman–Crippen MR) is 71.3 cm³/mol. The van der Waals surface area contributed by atoms with E-state index in [2.05, 4.69) is 36.1 Å². The summed E-state index contributed by atoms with van der Waals surface area (Å²) in [6.07, 6.45) is 3.69. The molecule has 0 radical (unpaired) electrons. The molecule has 1 aliphatic rings. The molecule has 1 aromatic heterocycles. The molecular formula is C10H13BrN4OS. The number of nitrogens with one attached hydrogen (secondary N) is 1. The number of halogens is 1. The highest BCUT2D eigenvalue weighted by Gasteiger charge is 2.33. The molecule has 0 bridgehead atoms. The van der Waals surface area contributed by atoms with Crippen molar-refractivity contribution in [3.63, 3.8) is 0 Å². The van der Waals surface area contributed by atoms with E-state index < -0.39 is 0 Å². The van der Waals surface area contributed by atoms with Crippen LogP contribution >= 0.6 is 27.7 Å². The maximum Gasteiger partial charge on any atom is 0.226 e. The van der Waals surface area contributed by atoms with Gasteiger partial charge in [-0.05, 0) is 22.2 Å². The average Bonchev–Trinajstić information content (AvgIpc) is 2.29. The maximum atomic E-state index is 11.4. The van der Waals surface area contributed by atoms with Gasteiger partial charge in [0.2, 0.25) is 5.91 Å². The second-order valence-electron chi connectivity index (χ2n) is 3.74. The predicted octanol–water partition coefficient (Wildman–Crippen LogP) is 1.14. The average molecular weight is 317 g/mol. The van der Waals surface area contributed by atoms with Crippen LogP contribution in [0.15, 0.2) is 15.8 Å². The van der Waals surface area contributed by atoms with Crippen LogP contribution in [0.4, 0.5) is 5.82 Å². The number of rotatable bonds is 3. The van der Waals surface area contributed by atoms with Gasteiger partial charge in [-0.3, -0.25) is 4.79 Å². The molecule has 0 aliphatic carbocycles. The Morgan fingerprint density at radius 2 is 2.35 bits per heavy atom. The first-order valence-corrected chi connectivity index (χ1v) is 7.20. The van der Waals surface area contributed by atoms with Crippen molar-refractivity contribution in [1.29, 1.82) is 0 Å². The van der Waals surface area contributed by atoms with Gasteiger partial charge in [-0.15, -0.1) is 0 Å². The van der Waals surface area contributed by atoms with Gasteiger partial charge < -0.3 is 10.2 Å². The fourth-order valence-corrected chi connectivity index (χ4v) is 2.46. The first-order valence-electron chi connectivity index (χ1n) is 5.18. The summed E-state index contributed by atoms with van der Waals surface area (Å²) in [6, 6.07) is 0. The van der Waals surface area contributed by atoms with Gasteiger partial charge in [0, 0.05) is 26.3 Å². The first-order chi connectivity index (χ1) is 8.15. The Morgan fingerprint density at radius 3 is 2.94 bits per heavy atom. The fourth-order valence-electron chi connectivity index (χ4n) is 1.68. The Balaban J connectivity index is 2.08. The molecular weight excluding hydrogens is 304 g/mol. The molecule has 1 aliphatic heterocycles. The first kappa shape index (κ1) is 12.6. The number of hydrogen-bond acceptors (Lipinski definition) is 5. The Hall–Kier alpha value is -0.820. The topological polar surface area (TPSA) is 58.1 Å². The highest BCUT2D eigenvalue weighted by atomic mass is 79.9. The van der Waals surface area contributed by atoms with Crippen LogP contribution in [-0.2, 0) is 4.79 Å². The van der Waals surface area contributed by atoms with E-state index in [1.807, 2.05) is 6.26 Å². The molecule has 2 rings (SSSR count). The summed E-state index contributed by atoms with van der Waals surface area (Å²) < 4.78 is 0.866.